The van der Waals surface area contributed by atoms with E-state index in [4.69, 9.17) is 9.47 Å². The molecule has 0 saturated heterocycles. The van der Waals surface area contributed by atoms with Gasteiger partial charge in [-0.15, -0.1) is 0 Å². The van der Waals surface area contributed by atoms with Crippen molar-refractivity contribution in [3.05, 3.63) is 23.8 Å². The van der Waals surface area contributed by atoms with Gasteiger partial charge in [-0.1, -0.05) is 12.1 Å². The van der Waals surface area contributed by atoms with Crippen LogP contribution in [-0.2, 0) is 11.2 Å². The topological polar surface area (TPSA) is 47.6 Å². The Labute approximate surface area is 114 Å². The van der Waals surface area contributed by atoms with E-state index in [0.29, 0.717) is 5.69 Å². The zero-order valence-electron chi connectivity index (χ0n) is 12.2. The number of fused-ring (bicyclic) bond motifs is 1. The lowest BCUT2D eigenvalue weighted by molar-refractivity contribution is 0.0634. The molecule has 0 atom stereocenters. The fraction of sp³-hybridized carbons (Fsp3) is 0.533. The normalized spacial score (nSPS) is 16.5. The lowest BCUT2D eigenvalue weighted by atomic mass is 10.0. The summed E-state index contributed by atoms with van der Waals surface area (Å²) in [5.41, 5.74) is 1.03. The van der Waals surface area contributed by atoms with Gasteiger partial charge in [0.15, 0.2) is 0 Å². The Hall–Kier alpha value is -1.71. The van der Waals surface area contributed by atoms with E-state index in [9.17, 15) is 4.79 Å². The van der Waals surface area contributed by atoms with Crippen molar-refractivity contribution in [1.82, 2.24) is 0 Å². The summed E-state index contributed by atoms with van der Waals surface area (Å²) in [6, 6.07) is 5.75. The SMILES string of the molecule is CC(C)(C)OC(=O)Nc1cccc2c1OC(C)(C)C2. The van der Waals surface area contributed by atoms with Crippen LogP contribution in [0.15, 0.2) is 18.2 Å². The number of anilines is 1. The Morgan fingerprint density at radius 1 is 1.37 bits per heavy atom. The lowest BCUT2D eigenvalue weighted by Gasteiger charge is -2.21. The summed E-state index contributed by atoms with van der Waals surface area (Å²) in [4.78, 5) is 11.8. The van der Waals surface area contributed by atoms with Crippen LogP contribution in [0.3, 0.4) is 0 Å². The highest BCUT2D eigenvalue weighted by molar-refractivity contribution is 5.87. The van der Waals surface area contributed by atoms with Crippen molar-refractivity contribution >= 4 is 11.8 Å². The van der Waals surface area contributed by atoms with E-state index in [-0.39, 0.29) is 5.60 Å². The molecular formula is C15H21NO3. The van der Waals surface area contributed by atoms with Gasteiger partial charge < -0.3 is 9.47 Å². The standard InChI is InChI=1S/C15H21NO3/c1-14(2,3)19-13(17)16-11-8-6-7-10-9-15(4,5)18-12(10)11/h6-8H,9H2,1-5H3,(H,16,17). The predicted molar refractivity (Wildman–Crippen MR) is 74.7 cm³/mol. The van der Waals surface area contributed by atoms with Gasteiger partial charge in [0.1, 0.15) is 17.0 Å². The third-order valence-corrected chi connectivity index (χ3v) is 2.73. The quantitative estimate of drug-likeness (QED) is 0.839. The van der Waals surface area contributed by atoms with Gasteiger partial charge in [-0.3, -0.25) is 5.32 Å². The van der Waals surface area contributed by atoms with Crippen molar-refractivity contribution in [2.24, 2.45) is 0 Å². The minimum atomic E-state index is -0.512. The molecule has 1 heterocycles. The molecule has 0 aromatic heterocycles. The second kappa shape index (κ2) is 4.44. The summed E-state index contributed by atoms with van der Waals surface area (Å²) in [5.74, 6) is 0.748. The molecule has 1 aromatic carbocycles. The number of nitrogens with one attached hydrogen (secondary N) is 1. The summed E-state index contributed by atoms with van der Waals surface area (Å²) < 4.78 is 11.1. The van der Waals surface area contributed by atoms with Crippen LogP contribution in [0.5, 0.6) is 5.75 Å². The Kier molecular flexibility index (Phi) is 3.20. The molecule has 4 heteroatoms. The van der Waals surface area contributed by atoms with Crippen molar-refractivity contribution in [2.45, 2.75) is 52.2 Å². The van der Waals surface area contributed by atoms with Crippen molar-refractivity contribution < 1.29 is 14.3 Å². The number of hydrogen-bond donors (Lipinski definition) is 1. The maximum absolute atomic E-state index is 11.8. The van der Waals surface area contributed by atoms with E-state index in [1.54, 1.807) is 0 Å². The van der Waals surface area contributed by atoms with Gasteiger partial charge in [0.2, 0.25) is 0 Å². The first-order chi connectivity index (χ1) is 8.66. The van der Waals surface area contributed by atoms with Crippen LogP contribution in [0.4, 0.5) is 10.5 Å². The molecule has 1 amide bonds. The third-order valence-electron chi connectivity index (χ3n) is 2.73. The highest BCUT2D eigenvalue weighted by Crippen LogP contribution is 2.40. The van der Waals surface area contributed by atoms with Crippen LogP contribution in [0, 0.1) is 0 Å². The monoisotopic (exact) mass is 263 g/mol. The number of amides is 1. The van der Waals surface area contributed by atoms with Gasteiger partial charge in [-0.25, -0.2) is 4.79 Å². The smallest absolute Gasteiger partial charge is 0.412 e. The number of ether oxygens (including phenoxy) is 2. The van der Waals surface area contributed by atoms with Crippen LogP contribution >= 0.6 is 0 Å². The molecule has 0 radical (unpaired) electrons. The van der Waals surface area contributed by atoms with Crippen molar-refractivity contribution in [1.29, 1.82) is 0 Å². The summed E-state index contributed by atoms with van der Waals surface area (Å²) >= 11 is 0. The molecule has 1 N–H and O–H groups in total. The van der Waals surface area contributed by atoms with E-state index in [1.807, 2.05) is 52.8 Å². The maximum Gasteiger partial charge on any atom is 0.412 e. The van der Waals surface area contributed by atoms with Crippen molar-refractivity contribution in [3.63, 3.8) is 0 Å². The number of carbonyl (C=O) groups is 1. The van der Waals surface area contributed by atoms with E-state index in [0.717, 1.165) is 17.7 Å². The van der Waals surface area contributed by atoms with Crippen LogP contribution in [-0.4, -0.2) is 17.3 Å². The Balaban J connectivity index is 2.16. The average Bonchev–Trinajstić information content (AvgIpc) is 2.50. The molecule has 1 aliphatic heterocycles. The first-order valence-electron chi connectivity index (χ1n) is 6.47. The van der Waals surface area contributed by atoms with E-state index in [1.165, 1.54) is 0 Å². The summed E-state index contributed by atoms with van der Waals surface area (Å²) in [6.07, 6.45) is 0.376. The molecule has 0 fully saturated rings. The fourth-order valence-electron chi connectivity index (χ4n) is 2.13. The van der Waals surface area contributed by atoms with Crippen LogP contribution in [0.2, 0.25) is 0 Å². The number of para-hydroxylation sites is 1. The zero-order valence-corrected chi connectivity index (χ0v) is 12.2. The molecule has 0 aliphatic carbocycles. The second-order valence-electron chi connectivity index (χ2n) is 6.46. The number of rotatable bonds is 1. The number of hydrogen-bond acceptors (Lipinski definition) is 3. The lowest BCUT2D eigenvalue weighted by Crippen LogP contribution is -2.28. The highest BCUT2D eigenvalue weighted by atomic mass is 16.6. The third kappa shape index (κ3) is 3.40. The highest BCUT2D eigenvalue weighted by Gasteiger charge is 2.32. The molecule has 0 saturated carbocycles. The van der Waals surface area contributed by atoms with Crippen molar-refractivity contribution in [3.8, 4) is 5.75 Å². The number of carbonyl (C=O) groups excluding carboxylic acids is 1. The Morgan fingerprint density at radius 2 is 2.05 bits per heavy atom. The fourth-order valence-corrected chi connectivity index (χ4v) is 2.13. The molecule has 4 nitrogen and oxygen atoms in total. The molecule has 1 aromatic rings. The van der Waals surface area contributed by atoms with Crippen LogP contribution < -0.4 is 10.1 Å². The molecule has 0 spiro atoms. The Morgan fingerprint density at radius 3 is 2.68 bits per heavy atom. The van der Waals surface area contributed by atoms with Gasteiger partial charge in [-0.2, -0.15) is 0 Å². The van der Waals surface area contributed by atoms with E-state index in [2.05, 4.69) is 5.32 Å². The zero-order chi connectivity index (χ0) is 14.3. The first-order valence-corrected chi connectivity index (χ1v) is 6.47. The van der Waals surface area contributed by atoms with Crippen LogP contribution in [0.1, 0.15) is 40.2 Å². The largest absolute Gasteiger partial charge is 0.485 e. The minimum absolute atomic E-state index is 0.228. The summed E-state index contributed by atoms with van der Waals surface area (Å²) in [6.45, 7) is 9.57. The molecule has 0 bridgehead atoms. The summed E-state index contributed by atoms with van der Waals surface area (Å²) in [7, 11) is 0. The number of benzene rings is 1. The molecular weight excluding hydrogens is 242 g/mol. The Bertz CT molecular complexity index is 501. The van der Waals surface area contributed by atoms with Gasteiger partial charge in [-0.05, 0) is 40.7 Å². The van der Waals surface area contributed by atoms with E-state index >= 15 is 0 Å². The first kappa shape index (κ1) is 13.7. The molecule has 19 heavy (non-hydrogen) atoms. The summed E-state index contributed by atoms with van der Waals surface area (Å²) in [5, 5.41) is 2.75. The van der Waals surface area contributed by atoms with Crippen LogP contribution in [0.25, 0.3) is 0 Å². The van der Waals surface area contributed by atoms with Crippen molar-refractivity contribution in [2.75, 3.05) is 5.32 Å². The average molecular weight is 263 g/mol. The van der Waals surface area contributed by atoms with E-state index < -0.39 is 11.7 Å². The molecule has 0 unspecified atom stereocenters. The molecule has 1 aliphatic rings. The molecule has 2 rings (SSSR count). The molecule has 104 valence electrons. The van der Waals surface area contributed by atoms with Gasteiger partial charge in [0.05, 0.1) is 5.69 Å². The van der Waals surface area contributed by atoms with Gasteiger partial charge in [0, 0.05) is 12.0 Å². The maximum atomic E-state index is 11.8. The van der Waals surface area contributed by atoms with Gasteiger partial charge in [0.25, 0.3) is 0 Å². The second-order valence-corrected chi connectivity index (χ2v) is 6.46. The minimum Gasteiger partial charge on any atom is -0.485 e. The predicted octanol–water partition coefficient (Wildman–Crippen LogP) is 3.75. The van der Waals surface area contributed by atoms with Gasteiger partial charge >= 0.3 is 6.09 Å².